The maximum Gasteiger partial charge on any atom is 0.330 e. The third kappa shape index (κ3) is 4.73. The molecule has 0 aliphatic carbocycles. The van der Waals surface area contributed by atoms with Crippen LogP contribution in [0.2, 0.25) is 0 Å². The molecular weight excluding hydrogens is 260 g/mol. The van der Waals surface area contributed by atoms with Gasteiger partial charge in [0, 0.05) is 6.08 Å². The van der Waals surface area contributed by atoms with Crippen molar-refractivity contribution in [2.75, 3.05) is 7.11 Å². The number of benzene rings is 1. The fourth-order valence-corrected chi connectivity index (χ4v) is 2.04. The van der Waals surface area contributed by atoms with Crippen LogP contribution in [0.3, 0.4) is 0 Å². The van der Waals surface area contributed by atoms with Crippen LogP contribution in [0.1, 0.15) is 65.2 Å². The summed E-state index contributed by atoms with van der Waals surface area (Å²) in [4.78, 5) is 11.5. The number of ether oxygens (including phenoxy) is 1. The highest BCUT2D eigenvalue weighted by molar-refractivity contribution is 5.90. The molecule has 0 atom stereocenters. The fourth-order valence-electron chi connectivity index (χ4n) is 2.04. The van der Waals surface area contributed by atoms with Gasteiger partial charge in [0.1, 0.15) is 0 Å². The van der Waals surface area contributed by atoms with E-state index >= 15 is 0 Å². The summed E-state index contributed by atoms with van der Waals surface area (Å²) >= 11 is 0. The van der Waals surface area contributed by atoms with Crippen molar-refractivity contribution in [1.82, 2.24) is 0 Å². The molecule has 116 valence electrons. The first kappa shape index (κ1) is 17.5. The van der Waals surface area contributed by atoms with E-state index in [4.69, 9.17) is 4.74 Å². The minimum Gasteiger partial charge on any atom is -0.466 e. The third-order valence-corrected chi connectivity index (χ3v) is 3.66. The maximum absolute atomic E-state index is 11.5. The first-order chi connectivity index (χ1) is 9.45. The Hall–Kier alpha value is -1.57. The van der Waals surface area contributed by atoms with Gasteiger partial charge in [-0.3, -0.25) is 0 Å². The van der Waals surface area contributed by atoms with Gasteiger partial charge in [-0.2, -0.15) is 0 Å². The van der Waals surface area contributed by atoms with Gasteiger partial charge in [0.25, 0.3) is 0 Å². The molecule has 0 saturated heterocycles. The lowest BCUT2D eigenvalue weighted by atomic mass is 9.79. The van der Waals surface area contributed by atoms with Crippen molar-refractivity contribution in [3.05, 3.63) is 41.0 Å². The Balaban J connectivity index is 3.46. The molecule has 0 radical (unpaired) electrons. The summed E-state index contributed by atoms with van der Waals surface area (Å²) in [6.45, 7) is 15.2. The molecule has 1 aromatic rings. The summed E-state index contributed by atoms with van der Waals surface area (Å²) in [5, 5.41) is 0. The summed E-state index contributed by atoms with van der Waals surface area (Å²) in [5.41, 5.74) is 4.71. The van der Waals surface area contributed by atoms with Crippen molar-refractivity contribution in [1.29, 1.82) is 0 Å². The van der Waals surface area contributed by atoms with Crippen LogP contribution < -0.4 is 0 Å². The monoisotopic (exact) mass is 288 g/mol. The van der Waals surface area contributed by atoms with Crippen molar-refractivity contribution in [3.63, 3.8) is 0 Å². The molecule has 1 rings (SSSR count). The summed E-state index contributed by atoms with van der Waals surface area (Å²) in [7, 11) is 1.40. The van der Waals surface area contributed by atoms with Crippen LogP contribution in [-0.2, 0) is 20.4 Å². The molecule has 0 spiro atoms. The first-order valence-corrected chi connectivity index (χ1v) is 7.38. The van der Waals surface area contributed by atoms with Crippen molar-refractivity contribution in [2.24, 2.45) is 0 Å². The molecule has 21 heavy (non-hydrogen) atoms. The van der Waals surface area contributed by atoms with Crippen LogP contribution in [0.15, 0.2) is 24.3 Å². The Bertz CT molecular complexity index is 520. The van der Waals surface area contributed by atoms with Crippen LogP contribution in [-0.4, -0.2) is 13.1 Å². The summed E-state index contributed by atoms with van der Waals surface area (Å²) in [5.74, 6) is -0.314. The van der Waals surface area contributed by atoms with Crippen LogP contribution in [0, 0.1) is 0 Å². The molecule has 0 saturated carbocycles. The van der Waals surface area contributed by atoms with Gasteiger partial charge in [-0.1, -0.05) is 59.7 Å². The molecule has 0 N–H and O–H groups in total. The van der Waals surface area contributed by atoms with E-state index in [9.17, 15) is 4.79 Å². The van der Waals surface area contributed by atoms with E-state index in [1.165, 1.54) is 18.2 Å². The highest BCUT2D eigenvalue weighted by atomic mass is 16.5. The molecule has 2 nitrogen and oxygen atoms in total. The minimum absolute atomic E-state index is 0.0710. The molecule has 0 aliphatic heterocycles. The number of hydrogen-bond donors (Lipinski definition) is 0. The first-order valence-electron chi connectivity index (χ1n) is 7.38. The van der Waals surface area contributed by atoms with Gasteiger partial charge in [-0.25, -0.2) is 4.79 Å². The molecule has 0 unspecified atom stereocenters. The Labute approximate surface area is 129 Å². The summed E-state index contributed by atoms with van der Waals surface area (Å²) in [6, 6.07) is 6.61. The van der Waals surface area contributed by atoms with E-state index < -0.39 is 0 Å². The van der Waals surface area contributed by atoms with Crippen molar-refractivity contribution in [3.8, 4) is 0 Å². The molecule has 0 amide bonds. The standard InChI is InChI=1S/C19H28O2/c1-13(9-17(20)21-8)14-10-15(18(2,3)4)12-16(11-14)19(5,6)7/h9-12H,1-8H3. The molecule has 0 heterocycles. The van der Waals surface area contributed by atoms with Crippen LogP contribution >= 0.6 is 0 Å². The molecule has 0 fully saturated rings. The number of hydrogen-bond acceptors (Lipinski definition) is 2. The van der Waals surface area contributed by atoms with Crippen LogP contribution in [0.5, 0.6) is 0 Å². The summed E-state index contributed by atoms with van der Waals surface area (Å²) in [6.07, 6.45) is 1.55. The maximum atomic E-state index is 11.5. The Morgan fingerprint density at radius 3 is 1.71 bits per heavy atom. The average Bonchev–Trinajstić information content (AvgIpc) is 2.35. The summed E-state index contributed by atoms with van der Waals surface area (Å²) < 4.78 is 4.72. The van der Waals surface area contributed by atoms with E-state index in [2.05, 4.69) is 59.7 Å². The zero-order valence-electron chi connectivity index (χ0n) is 14.6. The zero-order chi connectivity index (χ0) is 16.4. The lowest BCUT2D eigenvalue weighted by Gasteiger charge is -2.26. The molecule has 2 heteroatoms. The normalized spacial score (nSPS) is 13.2. The highest BCUT2D eigenvalue weighted by Gasteiger charge is 2.20. The van der Waals surface area contributed by atoms with Gasteiger partial charge in [-0.05, 0) is 40.0 Å². The fraction of sp³-hybridized carbons (Fsp3) is 0.526. The average molecular weight is 288 g/mol. The minimum atomic E-state index is -0.314. The van der Waals surface area contributed by atoms with Crippen molar-refractivity contribution < 1.29 is 9.53 Å². The largest absolute Gasteiger partial charge is 0.466 e. The quantitative estimate of drug-likeness (QED) is 0.574. The predicted molar refractivity (Wildman–Crippen MR) is 89.5 cm³/mol. The third-order valence-electron chi connectivity index (χ3n) is 3.66. The molecule has 0 aliphatic rings. The van der Waals surface area contributed by atoms with Gasteiger partial charge >= 0.3 is 5.97 Å². The van der Waals surface area contributed by atoms with Crippen LogP contribution in [0.25, 0.3) is 5.57 Å². The lowest BCUT2D eigenvalue weighted by molar-refractivity contribution is -0.134. The number of rotatable bonds is 2. The highest BCUT2D eigenvalue weighted by Crippen LogP contribution is 2.32. The smallest absolute Gasteiger partial charge is 0.330 e. The Morgan fingerprint density at radius 2 is 1.38 bits per heavy atom. The van der Waals surface area contributed by atoms with Gasteiger partial charge in [-0.15, -0.1) is 0 Å². The van der Waals surface area contributed by atoms with Gasteiger partial charge in [0.2, 0.25) is 0 Å². The van der Waals surface area contributed by atoms with E-state index in [0.717, 1.165) is 11.1 Å². The SMILES string of the molecule is COC(=O)C=C(C)c1cc(C(C)(C)C)cc(C(C)(C)C)c1. The van der Waals surface area contributed by atoms with Gasteiger partial charge in [0.05, 0.1) is 7.11 Å². The Morgan fingerprint density at radius 1 is 0.952 bits per heavy atom. The van der Waals surface area contributed by atoms with Crippen LogP contribution in [0.4, 0.5) is 0 Å². The zero-order valence-corrected chi connectivity index (χ0v) is 14.6. The number of methoxy groups -OCH3 is 1. The topological polar surface area (TPSA) is 26.3 Å². The second kappa shape index (κ2) is 6.05. The number of carbonyl (C=O) groups is 1. The predicted octanol–water partition coefficient (Wildman–Crippen LogP) is 4.86. The molecule has 0 aromatic heterocycles. The van der Waals surface area contributed by atoms with E-state index in [1.54, 1.807) is 6.08 Å². The van der Waals surface area contributed by atoms with Gasteiger partial charge in [0.15, 0.2) is 0 Å². The second-order valence-corrected chi connectivity index (χ2v) is 7.65. The van der Waals surface area contributed by atoms with Crippen molar-refractivity contribution in [2.45, 2.75) is 59.3 Å². The second-order valence-electron chi connectivity index (χ2n) is 7.65. The van der Waals surface area contributed by atoms with E-state index in [1.807, 2.05) is 6.92 Å². The van der Waals surface area contributed by atoms with E-state index in [-0.39, 0.29) is 16.8 Å². The molecular formula is C19H28O2. The number of allylic oxidation sites excluding steroid dienone is 1. The Kier molecular flexibility index (Phi) is 5.03. The molecule has 0 bridgehead atoms. The van der Waals surface area contributed by atoms with E-state index in [0.29, 0.717) is 0 Å². The molecule has 1 aromatic carbocycles. The van der Waals surface area contributed by atoms with Crippen molar-refractivity contribution >= 4 is 11.5 Å². The lowest BCUT2D eigenvalue weighted by Crippen LogP contribution is -2.17. The number of esters is 1. The number of carbonyl (C=O) groups excluding carboxylic acids is 1. The van der Waals surface area contributed by atoms with Gasteiger partial charge < -0.3 is 4.74 Å².